The Kier molecular flexibility index (Phi) is 8.01. The van der Waals surface area contributed by atoms with Gasteiger partial charge in [0.25, 0.3) is 5.91 Å². The molecule has 1 heterocycles. The Labute approximate surface area is 191 Å². The molecule has 3 rings (SSSR count). The summed E-state index contributed by atoms with van der Waals surface area (Å²) >= 11 is 0. The number of carbonyl (C=O) groups is 4. The van der Waals surface area contributed by atoms with Crippen LogP contribution in [0.2, 0.25) is 0 Å². The average Bonchev–Trinajstić information content (AvgIpc) is 2.81. The van der Waals surface area contributed by atoms with Gasteiger partial charge in [-0.15, -0.1) is 0 Å². The van der Waals surface area contributed by atoms with E-state index in [1.54, 1.807) is 25.2 Å². The third-order valence-corrected chi connectivity index (χ3v) is 5.37. The monoisotopic (exact) mass is 453 g/mol. The molecule has 174 valence electrons. The van der Waals surface area contributed by atoms with Crippen LogP contribution in [-0.2, 0) is 20.8 Å². The minimum absolute atomic E-state index is 0.112. The Morgan fingerprint density at radius 1 is 1.06 bits per heavy atom. The Balaban J connectivity index is 1.86. The van der Waals surface area contributed by atoms with Crippen LogP contribution in [0.25, 0.3) is 0 Å². The second kappa shape index (κ2) is 11.1. The Hall–Kier alpha value is -3.88. The molecule has 33 heavy (non-hydrogen) atoms. The van der Waals surface area contributed by atoms with Crippen LogP contribution in [0.5, 0.6) is 5.75 Å². The molecule has 0 fully saturated rings. The van der Waals surface area contributed by atoms with Crippen molar-refractivity contribution in [3.8, 4) is 5.75 Å². The highest BCUT2D eigenvalue weighted by Gasteiger charge is 2.27. The summed E-state index contributed by atoms with van der Waals surface area (Å²) in [6.45, 7) is 0.342. The molecule has 0 saturated carbocycles. The zero-order chi connectivity index (χ0) is 23.8. The summed E-state index contributed by atoms with van der Waals surface area (Å²) in [6.07, 6.45) is -0.00572. The first-order valence-corrected chi connectivity index (χ1v) is 10.7. The lowest BCUT2D eigenvalue weighted by atomic mass is 10.0. The van der Waals surface area contributed by atoms with Gasteiger partial charge in [0.05, 0.1) is 12.1 Å². The predicted molar refractivity (Wildman–Crippen MR) is 120 cm³/mol. The summed E-state index contributed by atoms with van der Waals surface area (Å²) in [5.41, 5.74) is 1.06. The topological polar surface area (TPSA) is 125 Å². The summed E-state index contributed by atoms with van der Waals surface area (Å²) in [5, 5.41) is 14.7. The van der Waals surface area contributed by atoms with E-state index >= 15 is 0 Å². The number of amides is 3. The van der Waals surface area contributed by atoms with Crippen LogP contribution < -0.4 is 15.4 Å². The lowest BCUT2D eigenvalue weighted by Crippen LogP contribution is -2.49. The minimum Gasteiger partial charge on any atom is -0.491 e. The molecule has 1 aliphatic rings. The Morgan fingerprint density at radius 3 is 2.48 bits per heavy atom. The summed E-state index contributed by atoms with van der Waals surface area (Å²) < 4.78 is 5.73. The van der Waals surface area contributed by atoms with E-state index in [-0.39, 0.29) is 43.2 Å². The van der Waals surface area contributed by atoms with E-state index in [2.05, 4.69) is 10.6 Å². The molecule has 3 N–H and O–H groups in total. The van der Waals surface area contributed by atoms with Gasteiger partial charge in [-0.25, -0.2) is 4.79 Å². The maximum atomic E-state index is 13.1. The van der Waals surface area contributed by atoms with E-state index in [4.69, 9.17) is 4.74 Å². The molecular formula is C24H27N3O6. The van der Waals surface area contributed by atoms with Gasteiger partial charge < -0.3 is 25.4 Å². The number of nitrogens with zero attached hydrogens (tertiary/aromatic N) is 1. The molecule has 0 aliphatic carbocycles. The first kappa shape index (κ1) is 23.8. The standard InChI is InChI=1S/C24H27N3O6/c1-27-13-14-33-20-10-6-5-9-17(20)22(29)26-18(24(31)32)11-12-21(28)25-19(23(27)30)15-16-7-3-2-4-8-16/h2-10,18-19H,11-15H2,1H3,(H,25,28)(H,26,29)(H,31,32)/t18-,19-/m0/s1. The molecule has 9 nitrogen and oxygen atoms in total. The number of ether oxygens (including phenoxy) is 1. The Bertz CT molecular complexity index is 1010. The van der Waals surface area contributed by atoms with Crippen LogP contribution in [0.15, 0.2) is 54.6 Å². The zero-order valence-electron chi connectivity index (χ0n) is 18.3. The van der Waals surface area contributed by atoms with Crippen molar-refractivity contribution in [3.63, 3.8) is 0 Å². The highest BCUT2D eigenvalue weighted by molar-refractivity contribution is 5.99. The van der Waals surface area contributed by atoms with Gasteiger partial charge in [0.1, 0.15) is 24.4 Å². The number of carboxylic acid groups (broad SMARTS) is 1. The van der Waals surface area contributed by atoms with E-state index in [9.17, 15) is 24.3 Å². The summed E-state index contributed by atoms with van der Waals surface area (Å²) in [5.74, 6) is -2.34. The van der Waals surface area contributed by atoms with E-state index in [0.29, 0.717) is 6.42 Å². The fourth-order valence-corrected chi connectivity index (χ4v) is 3.53. The summed E-state index contributed by atoms with van der Waals surface area (Å²) in [4.78, 5) is 51.5. The van der Waals surface area contributed by atoms with Crippen molar-refractivity contribution >= 4 is 23.7 Å². The van der Waals surface area contributed by atoms with Crippen LogP contribution in [0, 0.1) is 0 Å². The number of nitrogens with one attached hydrogen (secondary N) is 2. The third kappa shape index (κ3) is 6.55. The fourth-order valence-electron chi connectivity index (χ4n) is 3.53. The first-order chi connectivity index (χ1) is 15.8. The van der Waals surface area contributed by atoms with E-state index in [0.717, 1.165) is 5.56 Å². The number of para-hydroxylation sites is 1. The van der Waals surface area contributed by atoms with Crippen LogP contribution >= 0.6 is 0 Å². The van der Waals surface area contributed by atoms with Gasteiger partial charge in [-0.3, -0.25) is 14.4 Å². The van der Waals surface area contributed by atoms with E-state index in [1.165, 1.54) is 11.0 Å². The number of rotatable bonds is 3. The van der Waals surface area contributed by atoms with Gasteiger partial charge in [-0.05, 0) is 24.1 Å². The molecule has 0 unspecified atom stereocenters. The molecule has 1 aliphatic heterocycles. The van der Waals surface area contributed by atoms with Crippen molar-refractivity contribution in [2.45, 2.75) is 31.3 Å². The lowest BCUT2D eigenvalue weighted by Gasteiger charge is -2.25. The quantitative estimate of drug-likeness (QED) is 0.642. The van der Waals surface area contributed by atoms with Crippen molar-refractivity contribution in [2.24, 2.45) is 0 Å². The lowest BCUT2D eigenvalue weighted by molar-refractivity contribution is -0.140. The molecule has 2 aromatic carbocycles. The van der Waals surface area contributed by atoms with Crippen molar-refractivity contribution in [1.82, 2.24) is 15.5 Å². The smallest absolute Gasteiger partial charge is 0.326 e. The number of carbonyl (C=O) groups excluding carboxylic acids is 3. The molecule has 0 spiro atoms. The summed E-state index contributed by atoms with van der Waals surface area (Å²) in [7, 11) is 1.62. The average molecular weight is 453 g/mol. The molecule has 3 amide bonds. The molecule has 0 radical (unpaired) electrons. The predicted octanol–water partition coefficient (Wildman–Crippen LogP) is 1.23. The van der Waals surface area contributed by atoms with Gasteiger partial charge in [0, 0.05) is 19.9 Å². The zero-order valence-corrected chi connectivity index (χ0v) is 18.3. The number of aliphatic carboxylic acids is 1. The molecular weight excluding hydrogens is 426 g/mol. The highest BCUT2D eigenvalue weighted by atomic mass is 16.5. The highest BCUT2D eigenvalue weighted by Crippen LogP contribution is 2.19. The van der Waals surface area contributed by atoms with Crippen molar-refractivity contribution in [1.29, 1.82) is 0 Å². The Morgan fingerprint density at radius 2 is 1.76 bits per heavy atom. The molecule has 2 aromatic rings. The first-order valence-electron chi connectivity index (χ1n) is 10.7. The van der Waals surface area contributed by atoms with Crippen LogP contribution in [0.1, 0.15) is 28.8 Å². The van der Waals surface area contributed by atoms with E-state index < -0.39 is 29.9 Å². The molecule has 0 bridgehead atoms. The fraction of sp³-hybridized carbons (Fsp3) is 0.333. The second-order valence-corrected chi connectivity index (χ2v) is 7.82. The number of hydrogen-bond acceptors (Lipinski definition) is 5. The van der Waals surface area contributed by atoms with Gasteiger partial charge in [-0.1, -0.05) is 42.5 Å². The molecule has 0 saturated heterocycles. The molecule has 2 atom stereocenters. The van der Waals surface area contributed by atoms with Gasteiger partial charge in [-0.2, -0.15) is 0 Å². The van der Waals surface area contributed by atoms with Crippen molar-refractivity contribution in [3.05, 3.63) is 65.7 Å². The molecule has 0 aromatic heterocycles. The van der Waals surface area contributed by atoms with Crippen molar-refractivity contribution in [2.75, 3.05) is 20.2 Å². The number of fused-ring (bicyclic) bond motifs is 1. The van der Waals surface area contributed by atoms with Crippen LogP contribution in [0.4, 0.5) is 0 Å². The maximum absolute atomic E-state index is 13.1. The summed E-state index contributed by atoms with van der Waals surface area (Å²) in [6, 6.07) is 13.7. The van der Waals surface area contributed by atoms with Crippen LogP contribution in [-0.4, -0.2) is 66.0 Å². The largest absolute Gasteiger partial charge is 0.491 e. The van der Waals surface area contributed by atoms with Gasteiger partial charge in [0.15, 0.2) is 0 Å². The van der Waals surface area contributed by atoms with Crippen LogP contribution in [0.3, 0.4) is 0 Å². The normalized spacial score (nSPS) is 20.4. The second-order valence-electron chi connectivity index (χ2n) is 7.82. The van der Waals surface area contributed by atoms with Gasteiger partial charge >= 0.3 is 5.97 Å². The SMILES string of the molecule is CN1CCOc2ccccc2C(=O)N[C@H](C(=O)O)CCC(=O)N[C@@H](Cc2ccccc2)C1=O. The van der Waals surface area contributed by atoms with Gasteiger partial charge in [0.2, 0.25) is 11.8 Å². The van der Waals surface area contributed by atoms with E-state index in [1.807, 2.05) is 30.3 Å². The third-order valence-electron chi connectivity index (χ3n) is 5.37. The molecule has 9 heteroatoms. The number of benzene rings is 2. The number of carboxylic acids is 1. The number of hydrogen-bond donors (Lipinski definition) is 3. The van der Waals surface area contributed by atoms with Crippen molar-refractivity contribution < 1.29 is 29.0 Å². The number of likely N-dealkylation sites (N-methyl/N-ethyl adjacent to an activating group) is 1. The minimum atomic E-state index is -1.27. The maximum Gasteiger partial charge on any atom is 0.326 e.